The maximum Gasteiger partial charge on any atom is 0.337 e. The van der Waals surface area contributed by atoms with Crippen LogP contribution < -0.4 is 15.5 Å². The smallest absolute Gasteiger partial charge is 0.337 e. The molecule has 0 bridgehead atoms. The number of nitrogens with zero attached hydrogens (tertiary/aromatic N) is 2. The number of H-pyrrole nitrogens is 2. The van der Waals surface area contributed by atoms with Crippen molar-refractivity contribution in [1.29, 1.82) is 0 Å². The van der Waals surface area contributed by atoms with Crippen LogP contribution in [0.1, 0.15) is 29.6 Å². The topological polar surface area (TPSA) is 118 Å². The van der Waals surface area contributed by atoms with E-state index < -0.39 is 12.0 Å². The molecule has 2 heterocycles. The number of aromatic amines is 2. The Bertz CT molecular complexity index is 1250. The monoisotopic (exact) mass is 469 g/mol. The van der Waals surface area contributed by atoms with Gasteiger partial charge in [-0.3, -0.25) is 14.8 Å². The molecule has 165 valence electrons. The van der Waals surface area contributed by atoms with Gasteiger partial charge in [0.05, 0.1) is 16.9 Å². The van der Waals surface area contributed by atoms with E-state index in [0.29, 0.717) is 32.3 Å². The van der Waals surface area contributed by atoms with Gasteiger partial charge < -0.3 is 20.6 Å². The van der Waals surface area contributed by atoms with E-state index in [0.717, 1.165) is 25.8 Å². The highest BCUT2D eigenvalue weighted by Gasteiger charge is 2.19. The normalized spacial score (nSPS) is 13.6. The second-order valence-electron chi connectivity index (χ2n) is 7.23. The van der Waals surface area contributed by atoms with E-state index in [2.05, 4.69) is 20.8 Å². The maximum absolute atomic E-state index is 12.6. The van der Waals surface area contributed by atoms with Crippen LogP contribution in [-0.4, -0.2) is 38.4 Å². The van der Waals surface area contributed by atoms with Crippen molar-refractivity contribution in [3.8, 4) is 5.69 Å². The third-order valence-electron chi connectivity index (χ3n) is 5.04. The van der Waals surface area contributed by atoms with Crippen LogP contribution in [0.3, 0.4) is 0 Å². The number of rotatable bonds is 5. The second-order valence-corrected chi connectivity index (χ2v) is 8.01. The Hall–Kier alpha value is -3.44. The molecule has 1 radical (unpaired) electrons. The fourth-order valence-corrected chi connectivity index (χ4v) is 4.13. The summed E-state index contributed by atoms with van der Waals surface area (Å²) in [6.07, 6.45) is 2.96. The van der Waals surface area contributed by atoms with Crippen molar-refractivity contribution in [3.63, 3.8) is 0 Å². The molecule has 1 aliphatic heterocycles. The van der Waals surface area contributed by atoms with E-state index in [-0.39, 0.29) is 5.56 Å². The predicted octanol–water partition coefficient (Wildman–Crippen LogP) is 5.09. The zero-order valence-electron chi connectivity index (χ0n) is 16.9. The molecular formula is C21H21N6O3S2. The summed E-state index contributed by atoms with van der Waals surface area (Å²) in [5.41, 5.74) is 2.50. The Labute approximate surface area is 194 Å². The summed E-state index contributed by atoms with van der Waals surface area (Å²) in [6, 6.07) is 11.4. The summed E-state index contributed by atoms with van der Waals surface area (Å²) in [6.45, 7) is 2.74. The van der Waals surface area contributed by atoms with Gasteiger partial charge in [-0.2, -0.15) is 0 Å². The first-order valence-corrected chi connectivity index (χ1v) is 10.8. The lowest BCUT2D eigenvalue weighted by Gasteiger charge is -2.29. The highest BCUT2D eigenvalue weighted by molar-refractivity contribution is 7.72. The van der Waals surface area contributed by atoms with E-state index in [1.807, 2.05) is 17.5 Å². The molecular weight excluding hydrogens is 448 g/mol. The highest BCUT2D eigenvalue weighted by atomic mass is 32.1. The third-order valence-corrected chi connectivity index (χ3v) is 5.61. The molecule has 2 aromatic carbocycles. The van der Waals surface area contributed by atoms with E-state index in [1.165, 1.54) is 6.07 Å². The Morgan fingerprint density at radius 2 is 1.69 bits per heavy atom. The van der Waals surface area contributed by atoms with Crippen LogP contribution in [0.4, 0.5) is 21.9 Å². The van der Waals surface area contributed by atoms with Gasteiger partial charge in [-0.05, 0) is 80.1 Å². The average Bonchev–Trinajstić information content (AvgIpc) is 3.12. The first kappa shape index (κ1) is 21.8. The van der Waals surface area contributed by atoms with Crippen molar-refractivity contribution in [2.24, 2.45) is 0 Å². The molecule has 32 heavy (non-hydrogen) atoms. The minimum absolute atomic E-state index is 0.196. The van der Waals surface area contributed by atoms with Crippen molar-refractivity contribution in [3.05, 3.63) is 64.1 Å². The molecule has 3 aromatic rings. The second kappa shape index (κ2) is 9.37. The van der Waals surface area contributed by atoms with Crippen LogP contribution in [0.2, 0.25) is 0 Å². The van der Waals surface area contributed by atoms with Gasteiger partial charge in [0.15, 0.2) is 9.54 Å². The van der Waals surface area contributed by atoms with Gasteiger partial charge in [-0.1, -0.05) is 6.07 Å². The molecule has 0 aliphatic carbocycles. The summed E-state index contributed by atoms with van der Waals surface area (Å²) in [7, 11) is 0. The number of carboxylic acids is 1. The maximum atomic E-state index is 12.6. The van der Waals surface area contributed by atoms with Crippen LogP contribution in [0.5, 0.6) is 0 Å². The SMILES string of the molecule is O=C(Nc1cccc(-n2c(=S)[nH][nH]c2=S)c1)Nc1ccc(C(=O)O)c(N2[CH]CCCC2)c1. The van der Waals surface area contributed by atoms with Gasteiger partial charge in [-0.25, -0.2) is 9.59 Å². The molecule has 0 spiro atoms. The van der Waals surface area contributed by atoms with E-state index in [4.69, 9.17) is 24.4 Å². The quantitative estimate of drug-likeness (QED) is 0.332. The van der Waals surface area contributed by atoms with E-state index in [1.54, 1.807) is 34.9 Å². The number of aromatic carboxylic acids is 1. The van der Waals surface area contributed by atoms with Crippen LogP contribution in [-0.2, 0) is 0 Å². The molecule has 0 saturated carbocycles. The molecule has 1 aromatic heterocycles. The van der Waals surface area contributed by atoms with Crippen molar-refractivity contribution in [1.82, 2.24) is 14.8 Å². The van der Waals surface area contributed by atoms with E-state index in [9.17, 15) is 14.7 Å². The highest BCUT2D eigenvalue weighted by Crippen LogP contribution is 2.29. The number of carbonyl (C=O) groups excluding carboxylic acids is 1. The van der Waals surface area contributed by atoms with Crippen LogP contribution in [0.15, 0.2) is 42.5 Å². The minimum atomic E-state index is -1.01. The van der Waals surface area contributed by atoms with Gasteiger partial charge in [-0.15, -0.1) is 0 Å². The first-order chi connectivity index (χ1) is 15.4. The summed E-state index contributed by atoms with van der Waals surface area (Å²) in [5.74, 6) is -1.01. The molecule has 0 atom stereocenters. The summed E-state index contributed by atoms with van der Waals surface area (Å²) in [5, 5.41) is 20.6. The Balaban J connectivity index is 1.52. The van der Waals surface area contributed by atoms with Gasteiger partial charge in [0.25, 0.3) is 0 Å². The Kier molecular flexibility index (Phi) is 6.37. The van der Waals surface area contributed by atoms with Crippen LogP contribution in [0, 0.1) is 16.1 Å². The van der Waals surface area contributed by atoms with Crippen LogP contribution >= 0.6 is 24.4 Å². The third kappa shape index (κ3) is 4.73. The zero-order chi connectivity index (χ0) is 22.7. The number of anilines is 3. The predicted molar refractivity (Wildman–Crippen MR) is 128 cm³/mol. The van der Waals surface area contributed by atoms with Crippen molar-refractivity contribution in [2.45, 2.75) is 19.3 Å². The summed E-state index contributed by atoms with van der Waals surface area (Å²) >= 11 is 10.5. The molecule has 1 fully saturated rings. The number of carbonyl (C=O) groups is 2. The standard InChI is InChI=1S/C21H21N6O3S2/c28-18(29)16-8-7-14(12-17(16)26-9-2-1-3-10-26)23-19(30)22-13-5-4-6-15(11-13)27-20(31)24-25-21(27)32/h4-9,11-12H,1-3,10H2,(H,24,31)(H,25,32)(H,28,29)(H2,22,23,30). The molecule has 5 N–H and O–H groups in total. The van der Waals surface area contributed by atoms with Crippen molar-refractivity contribution in [2.75, 3.05) is 22.1 Å². The Morgan fingerprint density at radius 1 is 0.969 bits per heavy atom. The molecule has 2 amide bonds. The lowest BCUT2D eigenvalue weighted by Crippen LogP contribution is -2.27. The minimum Gasteiger partial charge on any atom is -0.478 e. The average molecular weight is 470 g/mol. The molecule has 9 nitrogen and oxygen atoms in total. The Morgan fingerprint density at radius 3 is 2.34 bits per heavy atom. The van der Waals surface area contributed by atoms with Crippen LogP contribution in [0.25, 0.3) is 5.69 Å². The summed E-state index contributed by atoms with van der Waals surface area (Å²) < 4.78 is 2.47. The fourth-order valence-electron chi connectivity index (χ4n) is 3.57. The first-order valence-electron chi connectivity index (χ1n) is 9.98. The number of nitrogens with one attached hydrogen (secondary N) is 4. The molecule has 1 saturated heterocycles. The van der Waals surface area contributed by atoms with Gasteiger partial charge in [0, 0.05) is 24.5 Å². The molecule has 4 rings (SSSR count). The fraction of sp³-hybridized carbons (Fsp3) is 0.190. The molecule has 0 unspecified atom stereocenters. The number of urea groups is 1. The zero-order valence-corrected chi connectivity index (χ0v) is 18.6. The number of hydrogen-bond donors (Lipinski definition) is 5. The van der Waals surface area contributed by atoms with Crippen molar-refractivity contribution < 1.29 is 14.7 Å². The van der Waals surface area contributed by atoms with Crippen molar-refractivity contribution >= 4 is 53.5 Å². The lowest BCUT2D eigenvalue weighted by atomic mass is 10.1. The number of amides is 2. The lowest BCUT2D eigenvalue weighted by molar-refractivity contribution is 0.0697. The van der Waals surface area contributed by atoms with Gasteiger partial charge in [0.1, 0.15) is 0 Å². The number of benzene rings is 2. The number of carboxylic acid groups (broad SMARTS) is 1. The number of hydrogen-bond acceptors (Lipinski definition) is 5. The van der Waals surface area contributed by atoms with Gasteiger partial charge >= 0.3 is 12.0 Å². The number of aromatic nitrogens is 3. The summed E-state index contributed by atoms with van der Waals surface area (Å²) in [4.78, 5) is 26.2. The molecule has 1 aliphatic rings. The van der Waals surface area contributed by atoms with E-state index >= 15 is 0 Å². The molecule has 11 heteroatoms. The number of piperidine rings is 1. The largest absolute Gasteiger partial charge is 0.478 e. The van der Waals surface area contributed by atoms with Gasteiger partial charge in [0.2, 0.25) is 0 Å².